The number of rotatable bonds is 6. The molecule has 0 aliphatic carbocycles. The van der Waals surface area contributed by atoms with Gasteiger partial charge in [-0.3, -0.25) is 4.90 Å². The van der Waals surface area contributed by atoms with E-state index in [1.165, 1.54) is 0 Å². The molecule has 11 heteroatoms. The molecule has 1 fully saturated rings. The predicted molar refractivity (Wildman–Crippen MR) is 84.9 cm³/mol. The van der Waals surface area contributed by atoms with Crippen LogP contribution in [-0.4, -0.2) is 63.9 Å². The molecule has 1 unspecified atom stereocenters. The second-order valence-corrected chi connectivity index (χ2v) is 7.73. The molecule has 0 bridgehead atoms. The van der Waals surface area contributed by atoms with Crippen LogP contribution >= 0.6 is 11.6 Å². The van der Waals surface area contributed by atoms with Crippen LogP contribution in [0.5, 0.6) is 0 Å². The highest BCUT2D eigenvalue weighted by Gasteiger charge is 2.37. The van der Waals surface area contributed by atoms with Crippen LogP contribution < -0.4 is 4.72 Å². The van der Waals surface area contributed by atoms with Gasteiger partial charge in [-0.05, 0) is 18.2 Å². The fraction of sp³-hybridized carbons (Fsp3) is 0.571. The summed E-state index contributed by atoms with van der Waals surface area (Å²) in [5, 5.41) is 9.71. The Hall–Kier alpha value is -0.910. The van der Waals surface area contributed by atoms with Crippen molar-refractivity contribution >= 4 is 21.6 Å². The minimum absolute atomic E-state index is 0.193. The van der Waals surface area contributed by atoms with E-state index in [0.717, 1.165) is 12.1 Å². The molecule has 2 N–H and O–H groups in total. The molecule has 1 atom stereocenters. The standard InChI is InChI=1S/C14H18ClF3N2O4S/c15-10-1-2-13(12(7-10)14(16,17)18)25(22,23)19-8-11(21)9-20-3-5-24-6-4-20/h1-2,7,11,19,21H,3-6,8-9H2. The van der Waals surface area contributed by atoms with Crippen LogP contribution in [0.15, 0.2) is 23.1 Å². The number of aliphatic hydroxyl groups excluding tert-OH is 1. The van der Waals surface area contributed by atoms with Crippen LogP contribution in [0.3, 0.4) is 0 Å². The van der Waals surface area contributed by atoms with E-state index in [1.54, 1.807) is 0 Å². The summed E-state index contributed by atoms with van der Waals surface area (Å²) in [4.78, 5) is 0.953. The van der Waals surface area contributed by atoms with Gasteiger partial charge in [0.05, 0.1) is 29.8 Å². The number of benzene rings is 1. The number of sulfonamides is 1. The average molecular weight is 403 g/mol. The lowest BCUT2D eigenvalue weighted by Gasteiger charge is -2.28. The van der Waals surface area contributed by atoms with Gasteiger partial charge >= 0.3 is 6.18 Å². The average Bonchev–Trinajstić information content (AvgIpc) is 2.53. The van der Waals surface area contributed by atoms with Gasteiger partial charge in [-0.2, -0.15) is 13.2 Å². The molecule has 6 nitrogen and oxygen atoms in total. The summed E-state index contributed by atoms with van der Waals surface area (Å²) < 4.78 is 70.7. The Labute approximate surface area is 148 Å². The van der Waals surface area contributed by atoms with Crippen molar-refractivity contribution in [2.24, 2.45) is 0 Å². The van der Waals surface area contributed by atoms with E-state index in [1.807, 2.05) is 9.62 Å². The Kier molecular flexibility index (Phi) is 6.68. The van der Waals surface area contributed by atoms with Crippen LogP contribution in [0.1, 0.15) is 5.56 Å². The fourth-order valence-corrected chi connectivity index (χ4v) is 3.84. The molecule has 1 heterocycles. The molecule has 25 heavy (non-hydrogen) atoms. The Morgan fingerprint density at radius 3 is 2.56 bits per heavy atom. The maximum absolute atomic E-state index is 13.0. The first-order valence-corrected chi connectivity index (χ1v) is 9.30. The molecule has 1 aromatic rings. The van der Waals surface area contributed by atoms with Crippen LogP contribution in [0, 0.1) is 0 Å². The summed E-state index contributed by atoms with van der Waals surface area (Å²) in [6.45, 7) is 2.01. The molecule has 0 radical (unpaired) electrons. The van der Waals surface area contributed by atoms with Crippen LogP contribution in [0.4, 0.5) is 13.2 Å². The first-order chi connectivity index (χ1) is 11.6. The third kappa shape index (κ3) is 5.80. The first kappa shape index (κ1) is 20.4. The summed E-state index contributed by atoms with van der Waals surface area (Å²) in [5.41, 5.74) is -1.35. The summed E-state index contributed by atoms with van der Waals surface area (Å²) >= 11 is 5.54. The van der Waals surface area contributed by atoms with E-state index in [9.17, 15) is 26.7 Å². The van der Waals surface area contributed by atoms with Crippen LogP contribution in [0.25, 0.3) is 0 Å². The topological polar surface area (TPSA) is 78.9 Å². The second-order valence-electron chi connectivity index (χ2n) is 5.56. The molecule has 1 saturated heterocycles. The fourth-order valence-electron chi connectivity index (χ4n) is 2.39. The highest BCUT2D eigenvalue weighted by Crippen LogP contribution is 2.35. The summed E-state index contributed by atoms with van der Waals surface area (Å²) in [6.07, 6.45) is -5.93. The number of ether oxygens (including phenoxy) is 1. The monoisotopic (exact) mass is 402 g/mol. The molecule has 0 saturated carbocycles. The minimum Gasteiger partial charge on any atom is -0.390 e. The van der Waals surface area contributed by atoms with Crippen molar-refractivity contribution in [3.05, 3.63) is 28.8 Å². The highest BCUT2D eigenvalue weighted by atomic mass is 35.5. The Morgan fingerprint density at radius 2 is 1.96 bits per heavy atom. The number of aliphatic hydroxyl groups is 1. The summed E-state index contributed by atoms with van der Waals surface area (Å²) in [7, 11) is -4.46. The minimum atomic E-state index is -4.87. The van der Waals surface area contributed by atoms with Crippen molar-refractivity contribution in [1.29, 1.82) is 0 Å². The van der Waals surface area contributed by atoms with Crippen molar-refractivity contribution in [3.63, 3.8) is 0 Å². The van der Waals surface area contributed by atoms with E-state index in [0.29, 0.717) is 32.4 Å². The molecule has 1 aromatic carbocycles. The maximum atomic E-state index is 13.0. The Balaban J connectivity index is 2.06. The number of nitrogens with zero attached hydrogens (tertiary/aromatic N) is 1. The molecule has 2 rings (SSSR count). The van der Waals surface area contributed by atoms with Crippen molar-refractivity contribution in [1.82, 2.24) is 9.62 Å². The lowest BCUT2D eigenvalue weighted by molar-refractivity contribution is -0.139. The van der Waals surface area contributed by atoms with Crippen molar-refractivity contribution in [3.8, 4) is 0 Å². The third-order valence-electron chi connectivity index (χ3n) is 3.62. The van der Waals surface area contributed by atoms with Crippen LogP contribution in [-0.2, 0) is 20.9 Å². The number of alkyl halides is 3. The number of halogens is 4. The molecular weight excluding hydrogens is 385 g/mol. The largest absolute Gasteiger partial charge is 0.417 e. The van der Waals surface area contributed by atoms with Gasteiger partial charge in [0.25, 0.3) is 0 Å². The number of hydrogen-bond donors (Lipinski definition) is 2. The van der Waals surface area contributed by atoms with Gasteiger partial charge in [0, 0.05) is 31.2 Å². The summed E-state index contributed by atoms with van der Waals surface area (Å²) in [5.74, 6) is 0. The molecule has 1 aliphatic rings. The van der Waals surface area contributed by atoms with E-state index in [-0.39, 0.29) is 11.6 Å². The number of hydrogen-bond acceptors (Lipinski definition) is 5. The van der Waals surface area contributed by atoms with Gasteiger partial charge in [0.1, 0.15) is 0 Å². The van der Waals surface area contributed by atoms with Crippen molar-refractivity contribution < 1.29 is 31.4 Å². The zero-order chi connectivity index (χ0) is 18.7. The van der Waals surface area contributed by atoms with E-state index < -0.39 is 39.3 Å². The first-order valence-electron chi connectivity index (χ1n) is 7.44. The SMILES string of the molecule is O=S(=O)(NCC(O)CN1CCOCC1)c1ccc(Cl)cc1C(F)(F)F. The second kappa shape index (κ2) is 8.19. The third-order valence-corrected chi connectivity index (χ3v) is 5.33. The van der Waals surface area contributed by atoms with Crippen LogP contribution in [0.2, 0.25) is 5.02 Å². The van der Waals surface area contributed by atoms with Gasteiger partial charge < -0.3 is 9.84 Å². The van der Waals surface area contributed by atoms with Crippen molar-refractivity contribution in [2.45, 2.75) is 17.2 Å². The van der Waals surface area contributed by atoms with E-state index in [4.69, 9.17) is 16.3 Å². The number of morpholine rings is 1. The Morgan fingerprint density at radius 1 is 1.32 bits per heavy atom. The van der Waals surface area contributed by atoms with E-state index in [2.05, 4.69) is 0 Å². The predicted octanol–water partition coefficient (Wildman–Crippen LogP) is 1.33. The normalized spacial score (nSPS) is 18.3. The van der Waals surface area contributed by atoms with E-state index >= 15 is 0 Å². The lowest BCUT2D eigenvalue weighted by atomic mass is 10.2. The molecule has 0 aromatic heterocycles. The Bertz CT molecular complexity index is 694. The molecule has 142 valence electrons. The van der Waals surface area contributed by atoms with Gasteiger partial charge in [-0.25, -0.2) is 13.1 Å². The zero-order valence-corrected chi connectivity index (χ0v) is 14.7. The zero-order valence-electron chi connectivity index (χ0n) is 13.1. The lowest BCUT2D eigenvalue weighted by Crippen LogP contribution is -2.44. The molecular formula is C14H18ClF3N2O4S. The molecule has 0 amide bonds. The maximum Gasteiger partial charge on any atom is 0.417 e. The van der Waals surface area contributed by atoms with Gasteiger partial charge in [0.15, 0.2) is 0 Å². The number of β-amino-alcohol motifs (C(OH)–C–C–N with tert-alkyl or cyclic N) is 1. The molecule has 0 spiro atoms. The van der Waals surface area contributed by atoms with Gasteiger partial charge in [0.2, 0.25) is 10.0 Å². The van der Waals surface area contributed by atoms with Gasteiger partial charge in [-0.1, -0.05) is 11.6 Å². The molecule has 1 aliphatic heterocycles. The smallest absolute Gasteiger partial charge is 0.390 e. The quantitative estimate of drug-likeness (QED) is 0.750. The van der Waals surface area contributed by atoms with Crippen molar-refractivity contribution in [2.75, 3.05) is 39.4 Å². The summed E-state index contributed by atoms with van der Waals surface area (Å²) in [6, 6.07) is 2.41. The highest BCUT2D eigenvalue weighted by molar-refractivity contribution is 7.89. The van der Waals surface area contributed by atoms with Gasteiger partial charge in [-0.15, -0.1) is 0 Å². The number of nitrogens with one attached hydrogen (secondary N) is 1.